The molecule has 1 aromatic carbocycles. The Morgan fingerprint density at radius 2 is 1.83 bits per heavy atom. The van der Waals surface area contributed by atoms with Crippen molar-refractivity contribution in [2.24, 2.45) is 16.8 Å². The van der Waals surface area contributed by atoms with Crippen LogP contribution in [0, 0.1) is 11.8 Å². The van der Waals surface area contributed by atoms with Crippen molar-refractivity contribution >= 4 is 58.0 Å². The van der Waals surface area contributed by atoms with E-state index in [-0.39, 0.29) is 45.3 Å². The van der Waals surface area contributed by atoms with Crippen molar-refractivity contribution in [1.82, 2.24) is 0 Å². The monoisotopic (exact) mass is 494 g/mol. The molecule has 1 saturated heterocycles. The van der Waals surface area contributed by atoms with Crippen molar-refractivity contribution in [3.05, 3.63) is 57.3 Å². The summed E-state index contributed by atoms with van der Waals surface area (Å²) in [5.74, 6) is -6.65. The van der Waals surface area contributed by atoms with Gasteiger partial charge in [0, 0.05) is 11.1 Å². The lowest BCUT2D eigenvalue weighted by Crippen LogP contribution is -2.37. The second-order valence-electron chi connectivity index (χ2n) is 7.95. The van der Waals surface area contributed by atoms with Crippen LogP contribution in [0.25, 0.3) is 5.76 Å². The molecule has 178 valence electrons. The molecule has 2 aliphatic heterocycles. The van der Waals surface area contributed by atoms with Gasteiger partial charge in [-0.1, -0.05) is 24.3 Å². The van der Waals surface area contributed by atoms with Gasteiger partial charge in [-0.15, -0.1) is 11.3 Å². The van der Waals surface area contributed by atoms with E-state index in [0.717, 1.165) is 16.2 Å². The zero-order valence-corrected chi connectivity index (χ0v) is 19.3. The Balaban J connectivity index is 1.64. The normalized spacial score (nSPS) is 22.9. The summed E-state index contributed by atoms with van der Waals surface area (Å²) in [4.78, 5) is 70.5. The molecule has 2 aromatic rings. The van der Waals surface area contributed by atoms with Crippen LogP contribution in [0.5, 0.6) is 0 Å². The van der Waals surface area contributed by atoms with Crippen LogP contribution in [0.1, 0.15) is 32.5 Å². The van der Waals surface area contributed by atoms with Gasteiger partial charge in [0.1, 0.15) is 10.6 Å². The molecule has 3 heterocycles. The number of esters is 2. The van der Waals surface area contributed by atoms with E-state index in [1.165, 1.54) is 24.6 Å². The summed E-state index contributed by atoms with van der Waals surface area (Å²) in [5.41, 5.74) is 0.133. The molecule has 1 aliphatic carbocycles. The summed E-state index contributed by atoms with van der Waals surface area (Å²) in [6, 6.07) is 6.38. The third-order valence-corrected chi connectivity index (χ3v) is 7.08. The van der Waals surface area contributed by atoms with E-state index >= 15 is 0 Å². The molecule has 5 rings (SSSR count). The predicted molar refractivity (Wildman–Crippen MR) is 123 cm³/mol. The number of aliphatic hydroxyl groups is 1. The van der Waals surface area contributed by atoms with Crippen LogP contribution in [-0.4, -0.2) is 60.1 Å². The number of carbonyl (C=O) groups is 5. The zero-order chi connectivity index (χ0) is 25.0. The first-order valence-corrected chi connectivity index (χ1v) is 11.5. The first kappa shape index (κ1) is 22.7. The highest BCUT2D eigenvalue weighted by atomic mass is 32.1. The van der Waals surface area contributed by atoms with E-state index < -0.39 is 47.4 Å². The number of benzene rings is 1. The molecule has 35 heavy (non-hydrogen) atoms. The number of ether oxygens (including phenoxy) is 2. The molecular formula is C24H18N2O8S. The number of hydrogen-bond donors (Lipinski definition) is 1. The Kier molecular flexibility index (Phi) is 5.36. The number of fused-ring (bicyclic) bond motifs is 2. The van der Waals surface area contributed by atoms with E-state index in [2.05, 4.69) is 4.99 Å². The van der Waals surface area contributed by atoms with Crippen LogP contribution in [0.2, 0.25) is 0 Å². The van der Waals surface area contributed by atoms with Crippen molar-refractivity contribution in [3.63, 3.8) is 0 Å². The average molecular weight is 494 g/mol. The summed E-state index contributed by atoms with van der Waals surface area (Å²) in [5, 5.41) is 12.4. The van der Waals surface area contributed by atoms with Gasteiger partial charge in [-0.2, -0.15) is 0 Å². The van der Waals surface area contributed by atoms with Crippen molar-refractivity contribution in [3.8, 4) is 0 Å². The third-order valence-electron chi connectivity index (χ3n) is 6.20. The van der Waals surface area contributed by atoms with Crippen LogP contribution in [0.3, 0.4) is 0 Å². The molecule has 1 fully saturated rings. The molecule has 1 aromatic heterocycles. The summed E-state index contributed by atoms with van der Waals surface area (Å²) >= 11 is 0.989. The summed E-state index contributed by atoms with van der Waals surface area (Å²) in [6.07, 6.45) is 0. The number of carbonyl (C=O) groups excluding carboxylic acids is 5. The average Bonchev–Trinajstić information content (AvgIpc) is 3.59. The summed E-state index contributed by atoms with van der Waals surface area (Å²) in [7, 11) is 1.17. The molecule has 0 unspecified atom stereocenters. The van der Waals surface area contributed by atoms with E-state index in [1.54, 1.807) is 25.1 Å². The Labute approximate surface area is 202 Å². The summed E-state index contributed by atoms with van der Waals surface area (Å²) < 4.78 is 9.84. The van der Waals surface area contributed by atoms with Gasteiger partial charge in [-0.25, -0.2) is 14.5 Å². The number of anilines is 1. The molecule has 3 atom stereocenters. The summed E-state index contributed by atoms with van der Waals surface area (Å²) in [6.45, 7) is 1.60. The van der Waals surface area contributed by atoms with Crippen LogP contribution < -0.4 is 4.90 Å². The number of allylic oxidation sites excluding steroid dienone is 1. The first-order valence-electron chi connectivity index (χ1n) is 10.7. The molecule has 0 saturated carbocycles. The smallest absolute Gasteiger partial charge is 0.350 e. The van der Waals surface area contributed by atoms with Crippen molar-refractivity contribution in [2.75, 3.05) is 18.6 Å². The lowest BCUT2D eigenvalue weighted by molar-refractivity contribution is -0.147. The maximum Gasteiger partial charge on any atom is 0.350 e. The lowest BCUT2D eigenvalue weighted by atomic mass is 9.85. The largest absolute Gasteiger partial charge is 0.506 e. The Morgan fingerprint density at radius 1 is 1.11 bits per heavy atom. The highest BCUT2D eigenvalue weighted by Gasteiger charge is 2.61. The van der Waals surface area contributed by atoms with Gasteiger partial charge in [0.15, 0.2) is 11.8 Å². The van der Waals surface area contributed by atoms with Crippen molar-refractivity contribution in [2.45, 2.75) is 13.0 Å². The number of aliphatic imine (C=N–C) groups is 1. The third kappa shape index (κ3) is 3.15. The van der Waals surface area contributed by atoms with E-state index in [4.69, 9.17) is 9.47 Å². The van der Waals surface area contributed by atoms with Gasteiger partial charge in [0.2, 0.25) is 11.8 Å². The van der Waals surface area contributed by atoms with E-state index in [1.807, 2.05) is 0 Å². The molecule has 0 bridgehead atoms. The number of thiophene rings is 1. The second kappa shape index (κ2) is 8.27. The van der Waals surface area contributed by atoms with Crippen LogP contribution >= 0.6 is 11.3 Å². The number of Topliss-reactive ketones (excluding diaryl/α,β-unsaturated/α-hetero) is 1. The minimum absolute atomic E-state index is 0.0127. The minimum atomic E-state index is -1.39. The number of imide groups is 1. The number of aliphatic hydroxyl groups excluding tert-OH is 1. The molecule has 11 heteroatoms. The fourth-order valence-corrected chi connectivity index (χ4v) is 5.51. The standard InChI is InChI=1S/C24H18N2O8S/c1-3-34-23(31)17-14-13(16(25-17)15-18(27)10-6-4-5-7-11(10)19(15)28)21(29)26(22(14)30)12-8-9-35-20(12)24(32)33-2/h4-9,13-14,17,27H,3H2,1-2H3/t13-,14+,17+/m0/s1. The molecule has 2 amide bonds. The van der Waals surface area contributed by atoms with Gasteiger partial charge < -0.3 is 14.6 Å². The first-order chi connectivity index (χ1) is 16.8. The van der Waals surface area contributed by atoms with Gasteiger partial charge >= 0.3 is 11.9 Å². The van der Waals surface area contributed by atoms with Crippen molar-refractivity contribution < 1.29 is 38.6 Å². The molecule has 3 aliphatic rings. The number of nitrogens with zero attached hydrogens (tertiary/aromatic N) is 2. The molecule has 10 nitrogen and oxygen atoms in total. The minimum Gasteiger partial charge on any atom is -0.506 e. The maximum absolute atomic E-state index is 13.6. The Morgan fingerprint density at radius 3 is 2.49 bits per heavy atom. The number of amides is 2. The van der Waals surface area contributed by atoms with E-state index in [0.29, 0.717) is 0 Å². The predicted octanol–water partition coefficient (Wildman–Crippen LogP) is 2.19. The van der Waals surface area contributed by atoms with Crippen LogP contribution in [-0.2, 0) is 23.9 Å². The van der Waals surface area contributed by atoms with Gasteiger partial charge in [-0.05, 0) is 18.4 Å². The Bertz CT molecular complexity index is 1390. The van der Waals surface area contributed by atoms with Crippen LogP contribution in [0.4, 0.5) is 5.69 Å². The molecule has 0 spiro atoms. The van der Waals surface area contributed by atoms with Crippen molar-refractivity contribution in [1.29, 1.82) is 0 Å². The molecular weight excluding hydrogens is 476 g/mol. The zero-order valence-electron chi connectivity index (χ0n) is 18.5. The fourth-order valence-electron chi connectivity index (χ4n) is 4.72. The topological polar surface area (TPSA) is 140 Å². The second-order valence-corrected chi connectivity index (χ2v) is 8.87. The van der Waals surface area contributed by atoms with Gasteiger partial charge in [0.25, 0.3) is 0 Å². The quantitative estimate of drug-likeness (QED) is 0.493. The number of methoxy groups -OCH3 is 1. The molecule has 1 N–H and O–H groups in total. The van der Waals surface area contributed by atoms with Gasteiger partial charge in [0.05, 0.1) is 42.5 Å². The highest BCUT2D eigenvalue weighted by Crippen LogP contribution is 2.45. The lowest BCUT2D eigenvalue weighted by Gasteiger charge is -2.17. The molecule has 0 radical (unpaired) electrons. The SMILES string of the molecule is CCOC(=O)[C@@H]1N=C(C2=C(O)c3ccccc3C2=O)[C@H]2C(=O)N(c3ccsc3C(=O)OC)C(=O)[C@H]21. The highest BCUT2D eigenvalue weighted by molar-refractivity contribution is 7.12. The van der Waals surface area contributed by atoms with Gasteiger partial charge in [-0.3, -0.25) is 19.4 Å². The number of hydrogen-bond acceptors (Lipinski definition) is 10. The fraction of sp³-hybridized carbons (Fsp3) is 0.250. The number of rotatable bonds is 5. The van der Waals surface area contributed by atoms with E-state index in [9.17, 15) is 29.1 Å². The van der Waals surface area contributed by atoms with Crippen LogP contribution in [0.15, 0.2) is 46.3 Å². The number of ketones is 1. The maximum atomic E-state index is 13.6. The Hall–Kier alpha value is -4.12.